The number of carboxylic acids is 1. The normalized spacial score (nSPS) is 19.3. The standard InChI is InChI=1S/C33H39N3O7/c1-3-4-14-36(24-9-7-8-22(15-24)17-34)31(37)19-35-18-25(23-12-13-29-30(16-23)43-21-42-29)32(33(38)39)26(35)20-41-28-11-6-5-10-27(28)40-2/h5-13,15-16,25-26,32H,3-4,14,17-21,34H2,1-2H3,(H,38,39). The van der Waals surface area contributed by atoms with Crippen LogP contribution in [0, 0.1) is 5.92 Å². The van der Waals surface area contributed by atoms with Crippen molar-refractivity contribution >= 4 is 17.6 Å². The minimum atomic E-state index is -0.954. The van der Waals surface area contributed by atoms with Gasteiger partial charge in [0.2, 0.25) is 12.7 Å². The minimum absolute atomic E-state index is 0.0291. The highest BCUT2D eigenvalue weighted by molar-refractivity contribution is 5.95. The summed E-state index contributed by atoms with van der Waals surface area (Å²) < 4.78 is 22.7. The summed E-state index contributed by atoms with van der Waals surface area (Å²) in [7, 11) is 1.56. The number of methoxy groups -OCH3 is 1. The molecule has 3 atom stereocenters. The van der Waals surface area contributed by atoms with Crippen LogP contribution in [0.4, 0.5) is 5.69 Å². The van der Waals surface area contributed by atoms with Crippen molar-refractivity contribution in [2.24, 2.45) is 11.7 Å². The first-order valence-corrected chi connectivity index (χ1v) is 14.6. The van der Waals surface area contributed by atoms with E-state index in [-0.39, 0.29) is 25.9 Å². The highest BCUT2D eigenvalue weighted by atomic mass is 16.7. The number of likely N-dealkylation sites (tertiary alicyclic amines) is 1. The van der Waals surface area contributed by atoms with E-state index in [9.17, 15) is 14.7 Å². The van der Waals surface area contributed by atoms with E-state index in [2.05, 4.69) is 6.92 Å². The summed E-state index contributed by atoms with van der Waals surface area (Å²) in [4.78, 5) is 30.6. The first kappa shape index (κ1) is 30.2. The molecule has 5 rings (SSSR count). The number of ether oxygens (including phenoxy) is 4. The number of benzene rings is 3. The van der Waals surface area contributed by atoms with Crippen LogP contribution in [0.3, 0.4) is 0 Å². The number of para-hydroxylation sites is 2. The van der Waals surface area contributed by atoms with Crippen LogP contribution >= 0.6 is 0 Å². The Kier molecular flexibility index (Phi) is 9.68. The topological polar surface area (TPSA) is 124 Å². The Morgan fingerprint density at radius 1 is 1.05 bits per heavy atom. The number of nitrogens with two attached hydrogens (primary N) is 1. The summed E-state index contributed by atoms with van der Waals surface area (Å²) in [5.74, 6) is -0.0390. The maximum Gasteiger partial charge on any atom is 0.308 e. The molecule has 1 fully saturated rings. The lowest BCUT2D eigenvalue weighted by Crippen LogP contribution is -2.46. The molecular formula is C33H39N3O7. The summed E-state index contributed by atoms with van der Waals surface area (Å²) in [6, 6.07) is 19.9. The summed E-state index contributed by atoms with van der Waals surface area (Å²) in [6.07, 6.45) is 1.75. The lowest BCUT2D eigenvalue weighted by molar-refractivity contribution is -0.143. The largest absolute Gasteiger partial charge is 0.493 e. The Morgan fingerprint density at radius 3 is 2.58 bits per heavy atom. The molecule has 3 aromatic rings. The molecule has 2 aliphatic rings. The van der Waals surface area contributed by atoms with Gasteiger partial charge in [-0.1, -0.05) is 43.7 Å². The number of anilines is 1. The maximum absolute atomic E-state index is 14.0. The van der Waals surface area contributed by atoms with Crippen molar-refractivity contribution in [1.82, 2.24) is 4.90 Å². The monoisotopic (exact) mass is 589 g/mol. The molecule has 0 aliphatic carbocycles. The zero-order valence-electron chi connectivity index (χ0n) is 24.6. The number of carboxylic acid groups (broad SMARTS) is 1. The van der Waals surface area contributed by atoms with E-state index in [0.717, 1.165) is 29.7 Å². The van der Waals surface area contributed by atoms with Gasteiger partial charge < -0.3 is 34.7 Å². The number of nitrogens with zero attached hydrogens (tertiary/aromatic N) is 2. The molecule has 0 radical (unpaired) electrons. The third kappa shape index (κ3) is 6.71. The van der Waals surface area contributed by atoms with Crippen LogP contribution in [-0.2, 0) is 16.1 Å². The van der Waals surface area contributed by atoms with Crippen LogP contribution < -0.4 is 29.6 Å². The van der Waals surface area contributed by atoms with Crippen LogP contribution in [0.2, 0.25) is 0 Å². The highest BCUT2D eigenvalue weighted by Crippen LogP contribution is 2.42. The van der Waals surface area contributed by atoms with Crippen molar-refractivity contribution < 1.29 is 33.6 Å². The van der Waals surface area contributed by atoms with Crippen molar-refractivity contribution in [3.63, 3.8) is 0 Å². The molecule has 1 saturated heterocycles. The van der Waals surface area contributed by atoms with Crippen LogP contribution in [0.15, 0.2) is 66.7 Å². The van der Waals surface area contributed by atoms with E-state index in [4.69, 9.17) is 24.7 Å². The molecule has 3 unspecified atom stereocenters. The minimum Gasteiger partial charge on any atom is -0.493 e. The lowest BCUT2D eigenvalue weighted by Gasteiger charge is -2.30. The number of hydrogen-bond acceptors (Lipinski definition) is 8. The maximum atomic E-state index is 14.0. The molecule has 0 spiro atoms. The van der Waals surface area contributed by atoms with E-state index in [0.29, 0.717) is 42.6 Å². The second-order valence-corrected chi connectivity index (χ2v) is 10.8. The SMILES string of the molecule is CCCCN(C(=O)CN1CC(c2ccc3c(c2)OCO3)C(C(=O)O)C1COc1ccccc1OC)c1cccc(CN)c1. The van der Waals surface area contributed by atoms with Gasteiger partial charge >= 0.3 is 5.97 Å². The van der Waals surface area contributed by atoms with Gasteiger partial charge in [-0.2, -0.15) is 0 Å². The van der Waals surface area contributed by atoms with Crippen molar-refractivity contribution in [2.45, 2.75) is 38.3 Å². The fourth-order valence-corrected chi connectivity index (χ4v) is 5.92. The predicted octanol–water partition coefficient (Wildman–Crippen LogP) is 4.26. The van der Waals surface area contributed by atoms with E-state index >= 15 is 0 Å². The molecule has 0 aromatic heterocycles. The number of hydrogen-bond donors (Lipinski definition) is 2. The number of carbonyl (C=O) groups excluding carboxylic acids is 1. The van der Waals surface area contributed by atoms with Gasteiger partial charge in [-0.3, -0.25) is 14.5 Å². The second kappa shape index (κ2) is 13.8. The van der Waals surface area contributed by atoms with Gasteiger partial charge in [-0.05, 0) is 53.9 Å². The van der Waals surface area contributed by atoms with E-state index in [1.807, 2.05) is 59.5 Å². The first-order valence-electron chi connectivity index (χ1n) is 14.6. The molecular weight excluding hydrogens is 550 g/mol. The molecule has 228 valence electrons. The molecule has 2 aliphatic heterocycles. The fraction of sp³-hybridized carbons (Fsp3) is 0.394. The third-order valence-corrected chi connectivity index (χ3v) is 8.17. The van der Waals surface area contributed by atoms with Crippen molar-refractivity contribution in [1.29, 1.82) is 0 Å². The lowest BCUT2D eigenvalue weighted by atomic mass is 9.85. The Bertz CT molecular complexity index is 1430. The summed E-state index contributed by atoms with van der Waals surface area (Å²) >= 11 is 0. The van der Waals surface area contributed by atoms with E-state index in [1.165, 1.54) is 0 Å². The summed E-state index contributed by atoms with van der Waals surface area (Å²) in [5.41, 5.74) is 8.42. The van der Waals surface area contributed by atoms with Crippen molar-refractivity contribution in [2.75, 3.05) is 45.0 Å². The quantitative estimate of drug-likeness (QED) is 0.301. The van der Waals surface area contributed by atoms with Crippen LogP contribution in [0.5, 0.6) is 23.0 Å². The van der Waals surface area contributed by atoms with Gasteiger partial charge in [0.1, 0.15) is 6.61 Å². The first-order chi connectivity index (χ1) is 20.9. The molecule has 0 saturated carbocycles. The molecule has 10 heteroatoms. The number of carbonyl (C=O) groups is 2. The highest BCUT2D eigenvalue weighted by Gasteiger charge is 2.48. The average Bonchev–Trinajstić information content (AvgIpc) is 3.64. The Balaban J connectivity index is 1.46. The molecule has 0 bridgehead atoms. The Morgan fingerprint density at radius 2 is 1.84 bits per heavy atom. The smallest absolute Gasteiger partial charge is 0.308 e. The Labute approximate surface area is 251 Å². The van der Waals surface area contributed by atoms with Crippen molar-refractivity contribution in [3.8, 4) is 23.0 Å². The van der Waals surface area contributed by atoms with Gasteiger partial charge in [0.15, 0.2) is 23.0 Å². The van der Waals surface area contributed by atoms with E-state index < -0.39 is 23.8 Å². The van der Waals surface area contributed by atoms with Gasteiger partial charge in [-0.15, -0.1) is 0 Å². The summed E-state index contributed by atoms with van der Waals surface area (Å²) in [5, 5.41) is 10.5. The number of aliphatic carboxylic acids is 1. The zero-order chi connectivity index (χ0) is 30.3. The molecule has 10 nitrogen and oxygen atoms in total. The molecule has 2 heterocycles. The predicted molar refractivity (Wildman–Crippen MR) is 162 cm³/mol. The average molecular weight is 590 g/mol. The third-order valence-electron chi connectivity index (χ3n) is 8.17. The molecule has 43 heavy (non-hydrogen) atoms. The van der Waals surface area contributed by atoms with Gasteiger partial charge in [-0.25, -0.2) is 0 Å². The number of rotatable bonds is 13. The summed E-state index contributed by atoms with van der Waals surface area (Å²) in [6.45, 7) is 3.57. The van der Waals surface area contributed by atoms with Crippen LogP contribution in [0.25, 0.3) is 0 Å². The number of amides is 1. The fourth-order valence-electron chi connectivity index (χ4n) is 5.92. The Hall–Kier alpha value is -4.28. The van der Waals surface area contributed by atoms with Crippen molar-refractivity contribution in [3.05, 3.63) is 77.9 Å². The molecule has 1 amide bonds. The number of unbranched alkanes of at least 4 members (excludes halogenated alkanes) is 1. The van der Waals surface area contributed by atoms with Crippen LogP contribution in [0.1, 0.15) is 36.8 Å². The number of fused-ring (bicyclic) bond motifs is 1. The second-order valence-electron chi connectivity index (χ2n) is 10.8. The van der Waals surface area contributed by atoms with Gasteiger partial charge in [0, 0.05) is 31.2 Å². The zero-order valence-corrected chi connectivity index (χ0v) is 24.6. The van der Waals surface area contributed by atoms with Gasteiger partial charge in [0.05, 0.1) is 25.6 Å². The van der Waals surface area contributed by atoms with Crippen LogP contribution in [-0.4, -0.2) is 68.1 Å². The molecule has 3 aromatic carbocycles. The van der Waals surface area contributed by atoms with E-state index in [1.54, 1.807) is 24.1 Å². The molecule has 3 N–H and O–H groups in total. The van der Waals surface area contributed by atoms with Gasteiger partial charge in [0.25, 0.3) is 0 Å².